The van der Waals surface area contributed by atoms with Gasteiger partial charge >= 0.3 is 0 Å². The predicted octanol–water partition coefficient (Wildman–Crippen LogP) is 6.64. The summed E-state index contributed by atoms with van der Waals surface area (Å²) in [6.07, 6.45) is 4.62. The van der Waals surface area contributed by atoms with E-state index in [1.807, 2.05) is 6.07 Å². The zero-order valence-corrected chi connectivity index (χ0v) is 26.2. The SMILES string of the molecule is COc1cc2c(Oc3ccc(NC(=O)C4(C(=O)Nc5ccc(F)cc5)CC4)cc3F)ccnc2cc1OCC1CC2CN(C)CC2C1. The number of fused-ring (bicyclic) bond motifs is 2. The first kappa shape index (κ1) is 30.9. The molecule has 2 saturated carbocycles. The minimum absolute atomic E-state index is 0.0533. The summed E-state index contributed by atoms with van der Waals surface area (Å²) in [5.74, 6) is 1.28. The van der Waals surface area contributed by atoms with Gasteiger partial charge in [0.15, 0.2) is 23.1 Å². The van der Waals surface area contributed by atoms with Crippen molar-refractivity contribution in [3.05, 3.63) is 78.5 Å². The topological polar surface area (TPSA) is 102 Å². The normalized spacial score (nSPS) is 21.2. The highest BCUT2D eigenvalue weighted by atomic mass is 19.1. The lowest BCUT2D eigenvalue weighted by Gasteiger charge is -2.18. The number of carbonyl (C=O) groups is 2. The van der Waals surface area contributed by atoms with Crippen LogP contribution in [-0.4, -0.2) is 55.6 Å². The van der Waals surface area contributed by atoms with Gasteiger partial charge in [-0.05, 0) is 99.0 Å². The molecule has 244 valence electrons. The summed E-state index contributed by atoms with van der Waals surface area (Å²) in [7, 11) is 3.76. The van der Waals surface area contributed by atoms with E-state index in [4.69, 9.17) is 14.2 Å². The van der Waals surface area contributed by atoms with Gasteiger partial charge < -0.3 is 29.7 Å². The fourth-order valence-corrected chi connectivity index (χ4v) is 6.99. The zero-order chi connectivity index (χ0) is 32.7. The molecule has 2 atom stereocenters. The predicted molar refractivity (Wildman–Crippen MR) is 173 cm³/mol. The number of carbonyl (C=O) groups excluding carboxylic acids is 2. The number of aromatic nitrogens is 1. The first-order chi connectivity index (χ1) is 22.7. The quantitative estimate of drug-likeness (QED) is 0.187. The van der Waals surface area contributed by atoms with Gasteiger partial charge in [-0.1, -0.05) is 0 Å². The molecular weight excluding hydrogens is 606 g/mol. The smallest absolute Gasteiger partial charge is 0.240 e. The van der Waals surface area contributed by atoms with E-state index >= 15 is 4.39 Å². The maximum Gasteiger partial charge on any atom is 0.240 e. The Bertz CT molecular complexity index is 1820. The molecule has 7 rings (SSSR count). The van der Waals surface area contributed by atoms with Crippen molar-refractivity contribution in [1.29, 1.82) is 0 Å². The highest BCUT2D eigenvalue weighted by Crippen LogP contribution is 2.48. The number of methoxy groups -OCH3 is 1. The van der Waals surface area contributed by atoms with Crippen molar-refractivity contribution in [2.75, 3.05) is 44.5 Å². The van der Waals surface area contributed by atoms with E-state index in [9.17, 15) is 14.0 Å². The number of likely N-dealkylation sites (tertiary alicyclic amines) is 1. The highest BCUT2D eigenvalue weighted by molar-refractivity contribution is 6.16. The van der Waals surface area contributed by atoms with Crippen LogP contribution in [0.15, 0.2) is 66.9 Å². The van der Waals surface area contributed by atoms with Gasteiger partial charge in [0.25, 0.3) is 0 Å². The molecule has 11 heteroatoms. The Morgan fingerprint density at radius 3 is 2.21 bits per heavy atom. The number of halogens is 2. The second-order valence-corrected chi connectivity index (χ2v) is 13.0. The fourth-order valence-electron chi connectivity index (χ4n) is 6.99. The molecule has 3 aliphatic rings. The van der Waals surface area contributed by atoms with Gasteiger partial charge in [0, 0.05) is 48.2 Å². The van der Waals surface area contributed by atoms with Crippen molar-refractivity contribution >= 4 is 34.1 Å². The molecule has 3 aromatic carbocycles. The van der Waals surface area contributed by atoms with Gasteiger partial charge in [-0.2, -0.15) is 0 Å². The largest absolute Gasteiger partial charge is 0.493 e. The third kappa shape index (κ3) is 6.32. The van der Waals surface area contributed by atoms with Crippen LogP contribution >= 0.6 is 0 Å². The third-order valence-corrected chi connectivity index (χ3v) is 9.62. The van der Waals surface area contributed by atoms with Crippen LogP contribution in [0.25, 0.3) is 10.9 Å². The van der Waals surface area contributed by atoms with Gasteiger partial charge in [-0.3, -0.25) is 14.6 Å². The molecule has 2 aliphatic carbocycles. The summed E-state index contributed by atoms with van der Waals surface area (Å²) < 4.78 is 46.4. The zero-order valence-electron chi connectivity index (χ0n) is 26.2. The minimum Gasteiger partial charge on any atom is -0.493 e. The van der Waals surface area contributed by atoms with Crippen molar-refractivity contribution in [2.24, 2.45) is 23.2 Å². The molecule has 0 radical (unpaired) electrons. The average Bonchev–Trinajstić information content (AvgIpc) is 3.69. The highest BCUT2D eigenvalue weighted by Gasteiger charge is 2.56. The molecular formula is C36H36F2N4O5. The number of nitrogens with one attached hydrogen (secondary N) is 2. The van der Waals surface area contributed by atoms with E-state index in [0.29, 0.717) is 59.2 Å². The van der Waals surface area contributed by atoms with Gasteiger partial charge in [0.1, 0.15) is 17.0 Å². The Morgan fingerprint density at radius 1 is 0.872 bits per heavy atom. The summed E-state index contributed by atoms with van der Waals surface area (Å²) >= 11 is 0. The molecule has 1 aliphatic heterocycles. The lowest BCUT2D eigenvalue weighted by molar-refractivity contribution is -0.131. The van der Waals surface area contributed by atoms with Gasteiger partial charge in [-0.25, -0.2) is 8.78 Å². The van der Waals surface area contributed by atoms with E-state index in [-0.39, 0.29) is 11.4 Å². The summed E-state index contributed by atoms with van der Waals surface area (Å²) in [6, 6.07) is 14.6. The Morgan fingerprint density at radius 2 is 1.55 bits per heavy atom. The maximum atomic E-state index is 15.3. The van der Waals surface area contributed by atoms with Crippen molar-refractivity contribution in [3.8, 4) is 23.0 Å². The van der Waals surface area contributed by atoms with Crippen LogP contribution in [0.4, 0.5) is 20.2 Å². The van der Waals surface area contributed by atoms with Crippen LogP contribution in [-0.2, 0) is 9.59 Å². The van der Waals surface area contributed by atoms with E-state index in [0.717, 1.165) is 31.0 Å². The van der Waals surface area contributed by atoms with Crippen molar-refractivity contribution in [3.63, 3.8) is 0 Å². The van der Waals surface area contributed by atoms with Crippen LogP contribution in [0.5, 0.6) is 23.0 Å². The Kier molecular flexibility index (Phi) is 8.17. The number of rotatable bonds is 10. The monoisotopic (exact) mass is 642 g/mol. The Hall–Kier alpha value is -4.77. The summed E-state index contributed by atoms with van der Waals surface area (Å²) in [5.41, 5.74) is -0.0970. The molecule has 2 unspecified atom stereocenters. The first-order valence-electron chi connectivity index (χ1n) is 15.8. The number of nitrogens with zero attached hydrogens (tertiary/aromatic N) is 2. The molecule has 2 N–H and O–H groups in total. The number of amides is 2. The van der Waals surface area contributed by atoms with E-state index in [2.05, 4.69) is 27.6 Å². The lowest BCUT2D eigenvalue weighted by atomic mass is 10.0. The standard InChI is InChI=1S/C36H36F2N4O5/c1-42-18-22-13-21(14-23(22)19-42)20-46-33-17-29-27(16-32(33)45-2)30(9-12-39-29)47-31-8-7-26(15-28(31)38)41-35(44)36(10-11-36)34(43)40-25-5-3-24(37)4-6-25/h3-9,12,15-17,21-23H,10-11,13-14,18-20H2,1-2H3,(H,40,43)(H,41,44). The molecule has 1 saturated heterocycles. The first-order valence-corrected chi connectivity index (χ1v) is 15.8. The summed E-state index contributed by atoms with van der Waals surface area (Å²) in [5, 5.41) is 5.93. The van der Waals surface area contributed by atoms with Crippen LogP contribution in [0.2, 0.25) is 0 Å². The molecule has 9 nitrogen and oxygen atoms in total. The van der Waals surface area contributed by atoms with Gasteiger partial charge in [-0.15, -0.1) is 0 Å². The Labute approximate surface area is 271 Å². The van der Waals surface area contributed by atoms with Crippen LogP contribution < -0.4 is 24.8 Å². The lowest BCUT2D eigenvalue weighted by Crippen LogP contribution is -2.35. The Balaban J connectivity index is 1.01. The van der Waals surface area contributed by atoms with E-state index in [1.54, 1.807) is 25.4 Å². The average molecular weight is 643 g/mol. The molecule has 4 aromatic rings. The third-order valence-electron chi connectivity index (χ3n) is 9.62. The maximum absolute atomic E-state index is 15.3. The molecule has 2 heterocycles. The second-order valence-electron chi connectivity index (χ2n) is 13.0. The number of hydrogen-bond donors (Lipinski definition) is 2. The van der Waals surface area contributed by atoms with Crippen molar-refractivity contribution < 1.29 is 32.6 Å². The summed E-state index contributed by atoms with van der Waals surface area (Å²) in [4.78, 5) is 32.8. The molecule has 0 bridgehead atoms. The molecule has 3 fully saturated rings. The molecule has 1 aromatic heterocycles. The molecule has 2 amide bonds. The van der Waals surface area contributed by atoms with Crippen molar-refractivity contribution in [1.82, 2.24) is 9.88 Å². The van der Waals surface area contributed by atoms with E-state index < -0.39 is 28.9 Å². The number of hydrogen-bond acceptors (Lipinski definition) is 7. The fraction of sp³-hybridized carbons (Fsp3) is 0.361. The number of pyridine rings is 1. The van der Waals surface area contributed by atoms with Crippen molar-refractivity contribution in [2.45, 2.75) is 25.7 Å². The minimum atomic E-state index is -1.27. The van der Waals surface area contributed by atoms with Crippen LogP contribution in [0.3, 0.4) is 0 Å². The molecule has 0 spiro atoms. The van der Waals surface area contributed by atoms with Gasteiger partial charge in [0.05, 0.1) is 19.2 Å². The molecule has 47 heavy (non-hydrogen) atoms. The van der Waals surface area contributed by atoms with Crippen LogP contribution in [0, 0.1) is 34.8 Å². The number of ether oxygens (including phenoxy) is 3. The second kappa shape index (κ2) is 12.4. The van der Waals surface area contributed by atoms with Gasteiger partial charge in [0.2, 0.25) is 11.8 Å². The number of benzene rings is 3. The van der Waals surface area contributed by atoms with Crippen LogP contribution in [0.1, 0.15) is 25.7 Å². The van der Waals surface area contributed by atoms with E-state index in [1.165, 1.54) is 49.2 Å². The number of anilines is 2. The summed E-state index contributed by atoms with van der Waals surface area (Å²) in [6.45, 7) is 2.93.